The molecule has 1 fully saturated rings. The van der Waals surface area contributed by atoms with Gasteiger partial charge in [-0.05, 0) is 107 Å². The van der Waals surface area contributed by atoms with Gasteiger partial charge in [0.05, 0.1) is 79.6 Å². The maximum atomic E-state index is 12.4. The summed E-state index contributed by atoms with van der Waals surface area (Å²) in [6, 6.07) is 31.4. The molecule has 10 aliphatic rings. The molecule has 5 heterocycles. The Morgan fingerprint density at radius 1 is 0.362 bits per heavy atom. The zero-order valence-electron chi connectivity index (χ0n) is 60.9. The van der Waals surface area contributed by atoms with Crippen LogP contribution in [0, 0.1) is 0 Å². The van der Waals surface area contributed by atoms with Crippen molar-refractivity contribution >= 4 is 163 Å². The van der Waals surface area contributed by atoms with E-state index >= 15 is 0 Å². The van der Waals surface area contributed by atoms with Gasteiger partial charge in [0.1, 0.15) is 85.7 Å². The van der Waals surface area contributed by atoms with Gasteiger partial charge in [0, 0.05) is 30.4 Å². The van der Waals surface area contributed by atoms with Crippen LogP contribution in [0.4, 0.5) is 0 Å². The van der Waals surface area contributed by atoms with Gasteiger partial charge < -0.3 is 63.8 Å². The third-order valence-corrected chi connectivity index (χ3v) is 19.8. The molecule has 15 rings (SSSR count). The fourth-order valence-corrected chi connectivity index (χ4v) is 12.3. The van der Waals surface area contributed by atoms with E-state index in [1.165, 1.54) is 72.8 Å². The van der Waals surface area contributed by atoms with Crippen LogP contribution in [0.5, 0.6) is 0 Å². The normalized spacial score (nSPS) is 20.6. The SMILES string of the molecule is C1=CCC=C1.O=C(Br)CBr.O=C(CBr)O[C@@H]1C=C[C@H](OC(=O)CBr)C1.O=C(CN1C(=O)c2ccccc2C1=O)OC1C=C[C@@H](OC(=O)CN2C(=O)c3ccccc3C2=O)C1.O=C(CN1C(=O)c2ccccc2C1=O)OC1C[C@H](OC(=O)CN2C(=O)c3ccccc3C2=O)[C@@H](O)[C@H]1O.O=C1[N-]C(=O)c2ccccc21.OC1=CC=C(O)C1.[K+]. The number of alkyl halides is 3. The minimum Gasteiger partial charge on any atom is -0.587 e. The summed E-state index contributed by atoms with van der Waals surface area (Å²) in [5.74, 6) is -9.53. The van der Waals surface area contributed by atoms with Crippen molar-refractivity contribution in [3.63, 3.8) is 0 Å². The number of hydrogen-bond acceptors (Lipinski definition) is 27. The van der Waals surface area contributed by atoms with E-state index in [0.29, 0.717) is 39.1 Å². The molecule has 1 saturated carbocycles. The summed E-state index contributed by atoms with van der Waals surface area (Å²) in [5.41, 5.74) is 2.38. The molecule has 5 aromatic carbocycles. The van der Waals surface area contributed by atoms with E-state index in [1.54, 1.807) is 84.9 Å². The Hall–Kier alpha value is -10.2. The maximum Gasteiger partial charge on any atom is 1.00 e. The number of halogens is 4. The standard InChI is InChI=1S/C25H20N2O10.C25H18N2O8.C9H10Br2O4.C8H5NO2.C5H6O2.C5H6.C2H2Br2O.K/c28-18(10-26-22(32)12-5-1-2-6-13(12)23(26)33)36-16-9-17(21(31)20(16)30)37-19(29)11-27-24(34)14-7-3-4-8-15(14)25(27)35;28-20(12-26-22(30)16-5-1-2-6-17(16)23(26)31)34-14-9-10-15(11-14)35-21(29)13-27-24(32)18-7-3-4-8-19(18)25(27)33;10-4-8(12)14-6-1-2-7(3-6)15-9(13)5-11;10-7-5-3-1-2-4-6(5)8(11)9-7;6-4-1-2-5(7)3-4;1-2-4-5-3-1;3-1-2(4)5;/h1-8,16-17,20-21,30-31H,9-11H2;1-10,14-15H,11-13H2;1-2,6-7H,3-5H2;1-4H,(H,9,10,11);1-2,6-7H,3H2;1-4H,5H2;1H2;/q;;;;;;;+1/p-1/t16-,17?,20+,21-;14-,15?;6-,7+;;;;;/m01....../s1. The number of aliphatic hydroxyl groups is 4. The first-order chi connectivity index (χ1) is 55.0. The molecular formula is C79H66Br4KN5O27. The van der Waals surface area contributed by atoms with Crippen LogP contribution in [0.25, 0.3) is 5.32 Å². The molecule has 37 heteroatoms. The molecule has 598 valence electrons. The molecule has 10 amide bonds. The van der Waals surface area contributed by atoms with Gasteiger partial charge in [0.2, 0.25) is 4.69 Å². The fraction of sp³-hybridized carbons (Fsp3) is 0.253. The number of imide groups is 5. The van der Waals surface area contributed by atoms with E-state index < -0.39 is 146 Å². The molecular weight excluding hydrogens is 1810 g/mol. The summed E-state index contributed by atoms with van der Waals surface area (Å²) >= 11 is 11.6. The number of carbonyl (C=O) groups excluding carboxylic acids is 17. The van der Waals surface area contributed by atoms with E-state index in [0.717, 1.165) is 16.2 Å². The van der Waals surface area contributed by atoms with Crippen molar-refractivity contribution in [2.24, 2.45) is 0 Å². The molecule has 32 nitrogen and oxygen atoms in total. The van der Waals surface area contributed by atoms with Gasteiger partial charge >= 0.3 is 87.2 Å². The Morgan fingerprint density at radius 2 is 0.595 bits per heavy atom. The Labute approximate surface area is 735 Å². The number of nitrogens with zero attached hydrogens (tertiary/aromatic N) is 5. The van der Waals surface area contributed by atoms with Crippen LogP contribution in [0.1, 0.15) is 136 Å². The summed E-state index contributed by atoms with van der Waals surface area (Å²) in [7, 11) is 0. The quantitative estimate of drug-likeness (QED) is 0.0183. The van der Waals surface area contributed by atoms with Crippen LogP contribution >= 0.6 is 63.7 Å². The number of hydrogen-bond donors (Lipinski definition) is 4. The molecule has 2 unspecified atom stereocenters. The molecule has 5 aliphatic heterocycles. The smallest absolute Gasteiger partial charge is 0.587 e. The van der Waals surface area contributed by atoms with Crippen LogP contribution in [0.15, 0.2) is 194 Å². The second kappa shape index (κ2) is 43.1. The molecule has 5 aliphatic carbocycles. The monoisotopic (exact) mass is 1870 g/mol. The van der Waals surface area contributed by atoms with Crippen molar-refractivity contribution in [1.82, 2.24) is 19.6 Å². The van der Waals surface area contributed by atoms with Gasteiger partial charge in [-0.25, -0.2) is 0 Å². The van der Waals surface area contributed by atoms with Crippen molar-refractivity contribution in [1.29, 1.82) is 0 Å². The van der Waals surface area contributed by atoms with Crippen LogP contribution in [0.3, 0.4) is 0 Å². The zero-order valence-corrected chi connectivity index (χ0v) is 70.3. The van der Waals surface area contributed by atoms with Crippen molar-refractivity contribution < 1.29 is 182 Å². The molecule has 8 atom stereocenters. The molecule has 0 spiro atoms. The zero-order chi connectivity index (χ0) is 83.3. The molecule has 4 N–H and O–H groups in total. The first kappa shape index (κ1) is 91.3. The average Bonchev–Trinajstić information content (AvgIpc) is 1.65. The van der Waals surface area contributed by atoms with E-state index in [4.69, 9.17) is 38.6 Å². The number of allylic oxidation sites excluding steroid dienone is 6. The number of amides is 10. The molecule has 5 aromatic rings. The van der Waals surface area contributed by atoms with Crippen molar-refractivity contribution in [2.75, 3.05) is 42.2 Å². The molecule has 0 saturated heterocycles. The summed E-state index contributed by atoms with van der Waals surface area (Å²) in [6.07, 6.45) is 11.8. The molecule has 0 bridgehead atoms. The predicted octanol–water partition coefficient (Wildman–Crippen LogP) is 4.89. The Bertz CT molecular complexity index is 4520. The van der Waals surface area contributed by atoms with E-state index in [-0.39, 0.29) is 160 Å². The van der Waals surface area contributed by atoms with Crippen molar-refractivity contribution in [3.8, 4) is 0 Å². The van der Waals surface area contributed by atoms with Gasteiger partial charge in [-0.1, -0.05) is 145 Å². The summed E-state index contributed by atoms with van der Waals surface area (Å²) < 4.78 is 31.0. The number of benzene rings is 5. The third-order valence-electron chi connectivity index (χ3n) is 17.3. The second-order valence-electron chi connectivity index (χ2n) is 25.2. The first-order valence-corrected chi connectivity index (χ1v) is 38.7. The van der Waals surface area contributed by atoms with Gasteiger partial charge in [-0.3, -0.25) is 91.5 Å². The molecule has 0 radical (unpaired) electrons. The van der Waals surface area contributed by atoms with E-state index in [2.05, 4.69) is 93.3 Å². The minimum atomic E-state index is -1.62. The number of fused-ring (bicyclic) bond motifs is 5. The summed E-state index contributed by atoms with van der Waals surface area (Å²) in [5, 5.41) is 41.7. The van der Waals surface area contributed by atoms with Gasteiger partial charge in [0.25, 0.3) is 47.3 Å². The topological polar surface area (TPSA) is 454 Å². The van der Waals surface area contributed by atoms with Crippen LogP contribution in [-0.4, -0.2) is 231 Å². The van der Waals surface area contributed by atoms with Crippen LogP contribution in [0.2, 0.25) is 0 Å². The Balaban J connectivity index is 0.000000193. The number of carbonyl (C=O) groups is 17. The first-order valence-electron chi connectivity index (χ1n) is 34.6. The van der Waals surface area contributed by atoms with Crippen molar-refractivity contribution in [2.45, 2.75) is 80.9 Å². The van der Waals surface area contributed by atoms with E-state index in [9.17, 15) is 91.7 Å². The van der Waals surface area contributed by atoms with Gasteiger partial charge in [-0.15, -0.1) is 0 Å². The van der Waals surface area contributed by atoms with E-state index in [1.807, 2.05) is 0 Å². The largest absolute Gasteiger partial charge is 1.00 e. The van der Waals surface area contributed by atoms with Crippen LogP contribution in [-0.2, 0) is 62.0 Å². The van der Waals surface area contributed by atoms with Crippen LogP contribution < -0.4 is 51.4 Å². The number of esters is 6. The average molecular weight is 1880 g/mol. The summed E-state index contributed by atoms with van der Waals surface area (Å²) in [6.45, 7) is -2.51. The number of ether oxygens (including phenoxy) is 6. The molecule has 0 aromatic heterocycles. The van der Waals surface area contributed by atoms with Gasteiger partial charge in [-0.2, -0.15) is 0 Å². The second-order valence-corrected chi connectivity index (χ2v) is 27.8. The number of aliphatic hydroxyl groups excluding tert-OH is 4. The maximum absolute atomic E-state index is 12.4. The predicted molar refractivity (Wildman–Crippen MR) is 413 cm³/mol. The fourth-order valence-electron chi connectivity index (χ4n) is 12.0. The van der Waals surface area contributed by atoms with Gasteiger partial charge in [0.15, 0.2) is 0 Å². The van der Waals surface area contributed by atoms with Crippen molar-refractivity contribution in [3.05, 3.63) is 255 Å². The Morgan fingerprint density at radius 3 is 0.802 bits per heavy atom. The number of rotatable bonds is 17. The minimum absolute atomic E-state index is 0. The Kier molecular flexibility index (Phi) is 34.0. The summed E-state index contributed by atoms with van der Waals surface area (Å²) in [4.78, 5) is 205. The molecule has 116 heavy (non-hydrogen) atoms. The third kappa shape index (κ3) is 23.8.